The Labute approximate surface area is 115 Å². The second-order valence-corrected chi connectivity index (χ2v) is 4.99. The van der Waals surface area contributed by atoms with Crippen molar-refractivity contribution in [3.8, 4) is 0 Å². The average Bonchev–Trinajstić information content (AvgIpc) is 2.40. The Morgan fingerprint density at radius 2 is 2.00 bits per heavy atom. The molecule has 1 aromatic carbocycles. The summed E-state index contributed by atoms with van der Waals surface area (Å²) in [6.45, 7) is 4.00. The Bertz CT molecular complexity index is 389. The average molecular weight is 261 g/mol. The molecule has 0 spiro atoms. The summed E-state index contributed by atoms with van der Waals surface area (Å²) in [5, 5.41) is 2.98. The normalized spacial score (nSPS) is 13.6. The van der Waals surface area contributed by atoms with Crippen LogP contribution >= 0.6 is 0 Å². The lowest BCUT2D eigenvalue weighted by Gasteiger charge is -2.19. The number of benzene rings is 1. The smallest absolute Gasteiger partial charge is 0.223 e. The van der Waals surface area contributed by atoms with Gasteiger partial charge in [-0.3, -0.25) is 4.79 Å². The second kappa shape index (κ2) is 8.46. The number of hydrogen-bond acceptors (Lipinski definition) is 2. The molecule has 104 valence electrons. The first-order chi connectivity index (χ1) is 9.17. The highest BCUT2D eigenvalue weighted by Gasteiger charge is 2.17. The number of rotatable bonds is 8. The van der Waals surface area contributed by atoms with Gasteiger partial charge < -0.3 is 10.1 Å². The molecule has 19 heavy (non-hydrogen) atoms. The van der Waals surface area contributed by atoms with Crippen LogP contribution in [-0.2, 0) is 16.0 Å². The summed E-state index contributed by atoms with van der Waals surface area (Å²) in [4.78, 5) is 22.7. The summed E-state index contributed by atoms with van der Waals surface area (Å²) in [5.74, 6) is 0.0551. The van der Waals surface area contributed by atoms with Gasteiger partial charge in [-0.25, -0.2) is 0 Å². The number of carbonyl (C=O) groups is 2. The minimum absolute atomic E-state index is 0.00919. The first-order valence-corrected chi connectivity index (χ1v) is 6.95. The van der Waals surface area contributed by atoms with Gasteiger partial charge in [-0.1, -0.05) is 50.6 Å². The van der Waals surface area contributed by atoms with Crippen molar-refractivity contribution >= 4 is 12.2 Å². The van der Waals surface area contributed by atoms with E-state index in [1.807, 2.05) is 37.3 Å². The third kappa shape index (κ3) is 5.69. The molecular weight excluding hydrogens is 238 g/mol. The summed E-state index contributed by atoms with van der Waals surface area (Å²) >= 11 is 0. The van der Waals surface area contributed by atoms with Crippen molar-refractivity contribution in [1.29, 1.82) is 0 Å². The lowest BCUT2D eigenvalue weighted by Crippen LogP contribution is -2.39. The molecule has 1 rings (SSSR count). The van der Waals surface area contributed by atoms with E-state index in [0.717, 1.165) is 24.7 Å². The van der Waals surface area contributed by atoms with Crippen molar-refractivity contribution in [3.05, 3.63) is 35.9 Å². The molecule has 0 aliphatic rings. The van der Waals surface area contributed by atoms with Crippen molar-refractivity contribution < 1.29 is 9.59 Å². The zero-order chi connectivity index (χ0) is 14.1. The number of hydrogen-bond donors (Lipinski definition) is 1. The Kier molecular flexibility index (Phi) is 6.86. The highest BCUT2D eigenvalue weighted by Crippen LogP contribution is 2.09. The molecule has 0 saturated heterocycles. The fraction of sp³-hybridized carbons (Fsp3) is 0.500. The van der Waals surface area contributed by atoms with Gasteiger partial charge in [0, 0.05) is 18.4 Å². The van der Waals surface area contributed by atoms with Crippen molar-refractivity contribution in [2.45, 2.75) is 45.6 Å². The summed E-state index contributed by atoms with van der Waals surface area (Å²) in [6.07, 6.45) is 3.80. The predicted octanol–water partition coefficient (Wildman–Crippen LogP) is 2.74. The van der Waals surface area contributed by atoms with Crippen LogP contribution in [0.5, 0.6) is 0 Å². The molecule has 3 nitrogen and oxygen atoms in total. The third-order valence-electron chi connectivity index (χ3n) is 3.22. The zero-order valence-corrected chi connectivity index (χ0v) is 11.8. The van der Waals surface area contributed by atoms with Gasteiger partial charge in [-0.05, 0) is 18.4 Å². The molecule has 1 aromatic rings. The summed E-state index contributed by atoms with van der Waals surface area (Å²) in [6, 6.07) is 9.81. The fourth-order valence-electron chi connectivity index (χ4n) is 2.12. The number of aldehydes is 1. The molecule has 1 N–H and O–H groups in total. The lowest BCUT2D eigenvalue weighted by atomic mass is 10.0. The van der Waals surface area contributed by atoms with Crippen LogP contribution in [0.4, 0.5) is 0 Å². The van der Waals surface area contributed by atoms with Crippen LogP contribution in [-0.4, -0.2) is 18.2 Å². The van der Waals surface area contributed by atoms with E-state index in [-0.39, 0.29) is 17.9 Å². The van der Waals surface area contributed by atoms with Gasteiger partial charge in [-0.2, -0.15) is 0 Å². The maximum absolute atomic E-state index is 12.0. The maximum Gasteiger partial charge on any atom is 0.223 e. The zero-order valence-electron chi connectivity index (χ0n) is 11.8. The van der Waals surface area contributed by atoms with Gasteiger partial charge >= 0.3 is 0 Å². The van der Waals surface area contributed by atoms with E-state index in [2.05, 4.69) is 12.2 Å². The maximum atomic E-state index is 12.0. The molecule has 0 aliphatic heterocycles. The minimum atomic E-state index is -0.105. The molecule has 2 atom stereocenters. The van der Waals surface area contributed by atoms with Gasteiger partial charge in [0.25, 0.3) is 0 Å². The molecule has 0 aliphatic carbocycles. The van der Waals surface area contributed by atoms with Crippen molar-refractivity contribution in [2.24, 2.45) is 5.92 Å². The van der Waals surface area contributed by atoms with E-state index in [4.69, 9.17) is 0 Å². The first-order valence-electron chi connectivity index (χ1n) is 6.95. The summed E-state index contributed by atoms with van der Waals surface area (Å²) in [7, 11) is 0. The van der Waals surface area contributed by atoms with Gasteiger partial charge in [0.05, 0.1) is 0 Å². The van der Waals surface area contributed by atoms with Gasteiger partial charge in [-0.15, -0.1) is 0 Å². The Morgan fingerprint density at radius 3 is 2.58 bits per heavy atom. The van der Waals surface area contributed by atoms with Crippen LogP contribution in [0.3, 0.4) is 0 Å². The van der Waals surface area contributed by atoms with Crippen LogP contribution in [0.1, 0.15) is 38.7 Å². The predicted molar refractivity (Wildman–Crippen MR) is 76.8 cm³/mol. The fourth-order valence-corrected chi connectivity index (χ4v) is 2.12. The van der Waals surface area contributed by atoms with Crippen LogP contribution in [0, 0.1) is 5.92 Å². The van der Waals surface area contributed by atoms with E-state index in [1.165, 1.54) is 0 Å². The number of nitrogens with one attached hydrogen (secondary N) is 1. The highest BCUT2D eigenvalue weighted by atomic mass is 16.2. The molecular formula is C16H23NO2. The second-order valence-electron chi connectivity index (χ2n) is 4.99. The number of carbonyl (C=O) groups excluding carboxylic acids is 2. The van der Waals surface area contributed by atoms with Crippen LogP contribution in [0.25, 0.3) is 0 Å². The van der Waals surface area contributed by atoms with E-state index < -0.39 is 0 Å². The molecule has 0 aromatic heterocycles. The molecule has 0 bridgehead atoms. The van der Waals surface area contributed by atoms with Crippen LogP contribution < -0.4 is 5.32 Å². The molecule has 0 fully saturated rings. The van der Waals surface area contributed by atoms with Crippen LogP contribution in [0.15, 0.2) is 30.3 Å². The largest absolute Gasteiger partial charge is 0.352 e. The quantitative estimate of drug-likeness (QED) is 0.731. The van der Waals surface area contributed by atoms with E-state index >= 15 is 0 Å². The standard InChI is InChI=1S/C16H23NO2/c1-3-7-13(2)16(19)17-15(10-11-18)12-14-8-5-4-6-9-14/h4-6,8-9,11,13,15H,3,7,10,12H2,1-2H3,(H,17,19). The molecule has 0 heterocycles. The molecule has 0 radical (unpaired) electrons. The summed E-state index contributed by atoms with van der Waals surface area (Å²) < 4.78 is 0. The van der Waals surface area contributed by atoms with E-state index in [1.54, 1.807) is 0 Å². The molecule has 0 saturated carbocycles. The summed E-state index contributed by atoms with van der Waals surface area (Å²) in [5.41, 5.74) is 1.14. The molecule has 1 amide bonds. The highest BCUT2D eigenvalue weighted by molar-refractivity contribution is 5.78. The Balaban J connectivity index is 2.57. The van der Waals surface area contributed by atoms with Crippen molar-refractivity contribution in [2.75, 3.05) is 0 Å². The van der Waals surface area contributed by atoms with Crippen molar-refractivity contribution in [1.82, 2.24) is 5.32 Å². The van der Waals surface area contributed by atoms with E-state index in [9.17, 15) is 9.59 Å². The minimum Gasteiger partial charge on any atom is -0.352 e. The van der Waals surface area contributed by atoms with Gasteiger partial charge in [0.15, 0.2) is 0 Å². The Morgan fingerprint density at radius 1 is 1.32 bits per heavy atom. The lowest BCUT2D eigenvalue weighted by molar-refractivity contribution is -0.125. The number of amides is 1. The topological polar surface area (TPSA) is 46.2 Å². The third-order valence-corrected chi connectivity index (χ3v) is 3.22. The SMILES string of the molecule is CCCC(C)C(=O)NC(CC=O)Cc1ccccc1. The van der Waals surface area contributed by atoms with Crippen molar-refractivity contribution in [3.63, 3.8) is 0 Å². The monoisotopic (exact) mass is 261 g/mol. The van der Waals surface area contributed by atoms with Gasteiger partial charge in [0.2, 0.25) is 5.91 Å². The van der Waals surface area contributed by atoms with E-state index in [0.29, 0.717) is 12.8 Å². The van der Waals surface area contributed by atoms with Crippen LogP contribution in [0.2, 0.25) is 0 Å². The Hall–Kier alpha value is -1.64. The van der Waals surface area contributed by atoms with Gasteiger partial charge in [0.1, 0.15) is 6.29 Å². The first kappa shape index (κ1) is 15.4. The molecule has 2 unspecified atom stereocenters. The molecule has 3 heteroatoms.